The third kappa shape index (κ3) is 7.17. The van der Waals surface area contributed by atoms with Gasteiger partial charge in [0.2, 0.25) is 5.92 Å². The molecule has 1 unspecified atom stereocenters. The molecule has 4 rings (SSSR count). The van der Waals surface area contributed by atoms with Crippen molar-refractivity contribution in [3.8, 4) is 11.1 Å². The number of halogens is 4. The Morgan fingerprint density at radius 1 is 1.02 bits per heavy atom. The zero-order valence-electron chi connectivity index (χ0n) is 23.1. The third-order valence-electron chi connectivity index (χ3n) is 7.21. The molecule has 1 aromatic heterocycles. The second-order valence-corrected chi connectivity index (χ2v) is 10.6. The van der Waals surface area contributed by atoms with Gasteiger partial charge < -0.3 is 19.9 Å². The summed E-state index contributed by atoms with van der Waals surface area (Å²) in [5.41, 5.74) is -0.0335. The third-order valence-corrected chi connectivity index (χ3v) is 7.21. The Morgan fingerprint density at radius 3 is 2.34 bits per heavy atom. The number of nitrogens with zero attached hydrogens (tertiary/aromatic N) is 1. The minimum absolute atomic E-state index is 0.0246. The molecule has 2 aromatic carbocycles. The first kappa shape index (κ1) is 29.9. The van der Waals surface area contributed by atoms with Crippen molar-refractivity contribution in [3.63, 3.8) is 0 Å². The molecular formula is C29H32F4N4O4. The van der Waals surface area contributed by atoms with E-state index in [-0.39, 0.29) is 77.4 Å². The van der Waals surface area contributed by atoms with E-state index in [0.717, 1.165) is 25.3 Å². The number of alkyl halides is 2. The molecule has 8 nitrogen and oxygen atoms in total. The molecule has 12 heteroatoms. The highest BCUT2D eigenvalue weighted by Gasteiger charge is 2.38. The van der Waals surface area contributed by atoms with Crippen molar-refractivity contribution < 1.29 is 36.4 Å². The van der Waals surface area contributed by atoms with E-state index in [4.69, 9.17) is 9.26 Å². The maximum Gasteiger partial charge on any atom is 0.338 e. The van der Waals surface area contributed by atoms with Crippen LogP contribution in [0.15, 0.2) is 40.9 Å². The predicted molar refractivity (Wildman–Crippen MR) is 146 cm³/mol. The molecule has 3 N–H and O–H groups in total. The van der Waals surface area contributed by atoms with Gasteiger partial charge in [-0.2, -0.15) is 0 Å². The molecular weight excluding hydrogens is 544 g/mol. The Labute approximate surface area is 234 Å². The Balaban J connectivity index is 1.75. The molecule has 1 fully saturated rings. The normalized spacial score (nSPS) is 15.8. The standard InChI is InChI=1S/C29H32F4N4O4/c1-15(2)26(17-7-9-29(32,33)10-8-17)34-24-14-22(31)21(20-12-18(30)5-6-19(20)27(38)40-4)13-23(24)35-28(39)36-25-11-16(3)41-37-25/h5-6,11-15,17,26,34H,7-10H2,1-4H3,(H2,35,36,37,39). The predicted octanol–water partition coefficient (Wildman–Crippen LogP) is 7.62. The van der Waals surface area contributed by atoms with Gasteiger partial charge in [-0.25, -0.2) is 27.2 Å². The van der Waals surface area contributed by atoms with E-state index < -0.39 is 29.6 Å². The number of anilines is 3. The molecule has 2 amide bonds. The number of hydrogen-bond acceptors (Lipinski definition) is 6. The van der Waals surface area contributed by atoms with Gasteiger partial charge in [-0.1, -0.05) is 19.0 Å². The SMILES string of the molecule is COC(=O)c1ccc(F)cc1-c1cc(NC(=O)Nc2cc(C)on2)c(NC(C(C)C)C2CCC(F)(F)CC2)cc1F. The summed E-state index contributed by atoms with van der Waals surface area (Å²) in [5, 5.41) is 12.2. The summed E-state index contributed by atoms with van der Waals surface area (Å²) < 4.78 is 67.4. The summed E-state index contributed by atoms with van der Waals surface area (Å²) in [6.07, 6.45) is 0.0840. The molecule has 0 radical (unpaired) electrons. The number of hydrogen-bond donors (Lipinski definition) is 3. The van der Waals surface area contributed by atoms with E-state index in [0.29, 0.717) is 5.76 Å². The number of aromatic nitrogens is 1. The Hall–Kier alpha value is -4.09. The van der Waals surface area contributed by atoms with Crippen molar-refractivity contribution >= 4 is 29.2 Å². The monoisotopic (exact) mass is 576 g/mol. The molecule has 0 bridgehead atoms. The molecule has 1 saturated carbocycles. The van der Waals surface area contributed by atoms with Crippen molar-refractivity contribution in [1.29, 1.82) is 0 Å². The lowest BCUT2D eigenvalue weighted by Gasteiger charge is -2.37. The lowest BCUT2D eigenvalue weighted by Crippen LogP contribution is -2.39. The Kier molecular flexibility index (Phi) is 8.89. The van der Waals surface area contributed by atoms with Crippen LogP contribution in [0.3, 0.4) is 0 Å². The van der Waals surface area contributed by atoms with Gasteiger partial charge in [-0.05, 0) is 61.9 Å². The van der Waals surface area contributed by atoms with Crippen molar-refractivity contribution in [2.24, 2.45) is 11.8 Å². The number of carbonyl (C=O) groups is 2. The second-order valence-electron chi connectivity index (χ2n) is 10.6. The fourth-order valence-electron chi connectivity index (χ4n) is 5.15. The van der Waals surface area contributed by atoms with Gasteiger partial charge in [-0.15, -0.1) is 0 Å². The van der Waals surface area contributed by atoms with E-state index >= 15 is 4.39 Å². The molecule has 0 aliphatic heterocycles. The molecule has 3 aromatic rings. The van der Waals surface area contributed by atoms with Gasteiger partial charge in [0.15, 0.2) is 5.82 Å². The zero-order valence-corrected chi connectivity index (χ0v) is 23.1. The maximum absolute atomic E-state index is 15.7. The molecule has 220 valence electrons. The molecule has 1 atom stereocenters. The highest BCUT2D eigenvalue weighted by Crippen LogP contribution is 2.41. The van der Waals surface area contributed by atoms with Crippen LogP contribution in [-0.2, 0) is 4.74 Å². The molecule has 41 heavy (non-hydrogen) atoms. The van der Waals surface area contributed by atoms with Crippen LogP contribution in [0.25, 0.3) is 11.1 Å². The summed E-state index contributed by atoms with van der Waals surface area (Å²) in [6.45, 7) is 5.50. The summed E-state index contributed by atoms with van der Waals surface area (Å²) >= 11 is 0. The number of urea groups is 1. The van der Waals surface area contributed by atoms with Crippen LogP contribution in [0.4, 0.5) is 39.5 Å². The topological polar surface area (TPSA) is 105 Å². The molecule has 1 heterocycles. The van der Waals surface area contributed by atoms with E-state index in [1.54, 1.807) is 6.92 Å². The van der Waals surface area contributed by atoms with Crippen LogP contribution in [0.5, 0.6) is 0 Å². The Morgan fingerprint density at radius 2 is 1.73 bits per heavy atom. The molecule has 1 aliphatic carbocycles. The first-order valence-corrected chi connectivity index (χ1v) is 13.2. The first-order chi connectivity index (χ1) is 19.4. The van der Waals surface area contributed by atoms with Gasteiger partial charge in [0, 0.05) is 36.1 Å². The van der Waals surface area contributed by atoms with Crippen molar-refractivity contribution in [2.75, 3.05) is 23.1 Å². The van der Waals surface area contributed by atoms with Gasteiger partial charge in [0.1, 0.15) is 17.4 Å². The molecule has 1 aliphatic rings. The van der Waals surface area contributed by atoms with E-state index in [1.165, 1.54) is 18.2 Å². The lowest BCUT2D eigenvalue weighted by atomic mass is 9.78. The number of amides is 2. The minimum Gasteiger partial charge on any atom is -0.465 e. The minimum atomic E-state index is -2.71. The molecule has 0 saturated heterocycles. The van der Waals surface area contributed by atoms with Crippen molar-refractivity contribution in [1.82, 2.24) is 5.16 Å². The number of methoxy groups -OCH3 is 1. The van der Waals surface area contributed by atoms with Crippen LogP contribution < -0.4 is 16.0 Å². The van der Waals surface area contributed by atoms with Gasteiger partial charge in [0.05, 0.1) is 24.0 Å². The van der Waals surface area contributed by atoms with E-state index in [9.17, 15) is 22.8 Å². The summed E-state index contributed by atoms with van der Waals surface area (Å²) in [6, 6.07) is 6.08. The first-order valence-electron chi connectivity index (χ1n) is 13.2. The smallest absolute Gasteiger partial charge is 0.338 e. The van der Waals surface area contributed by atoms with Crippen LogP contribution in [0, 0.1) is 30.4 Å². The number of nitrogens with one attached hydrogen (secondary N) is 3. The van der Waals surface area contributed by atoms with Crippen molar-refractivity contribution in [3.05, 3.63) is 59.4 Å². The van der Waals surface area contributed by atoms with Gasteiger partial charge in [0.25, 0.3) is 0 Å². The number of benzene rings is 2. The average molecular weight is 577 g/mol. The summed E-state index contributed by atoms with van der Waals surface area (Å²) in [4.78, 5) is 25.3. The zero-order chi connectivity index (χ0) is 29.9. The van der Waals surface area contributed by atoms with E-state index in [2.05, 4.69) is 21.1 Å². The number of ether oxygens (including phenoxy) is 1. The highest BCUT2D eigenvalue weighted by molar-refractivity contribution is 6.03. The van der Waals surface area contributed by atoms with Crippen LogP contribution >= 0.6 is 0 Å². The number of carbonyl (C=O) groups excluding carboxylic acids is 2. The van der Waals surface area contributed by atoms with E-state index in [1.807, 2.05) is 13.8 Å². The number of aryl methyl sites for hydroxylation is 1. The van der Waals surface area contributed by atoms with Crippen LogP contribution in [-0.4, -0.2) is 36.2 Å². The molecule has 0 spiro atoms. The lowest BCUT2D eigenvalue weighted by molar-refractivity contribution is -0.0488. The number of rotatable bonds is 8. The van der Waals surface area contributed by atoms with Crippen LogP contribution in [0.1, 0.15) is 55.6 Å². The largest absolute Gasteiger partial charge is 0.465 e. The maximum atomic E-state index is 15.7. The quantitative estimate of drug-likeness (QED) is 0.188. The fourth-order valence-corrected chi connectivity index (χ4v) is 5.15. The Bertz CT molecular complexity index is 1420. The summed E-state index contributed by atoms with van der Waals surface area (Å²) in [7, 11) is 1.15. The second kappa shape index (κ2) is 12.2. The summed E-state index contributed by atoms with van der Waals surface area (Å²) in [5.74, 6) is -4.57. The van der Waals surface area contributed by atoms with Gasteiger partial charge >= 0.3 is 12.0 Å². The average Bonchev–Trinajstić information content (AvgIpc) is 3.32. The fraction of sp³-hybridized carbons (Fsp3) is 0.414. The van der Waals surface area contributed by atoms with Crippen LogP contribution in [0.2, 0.25) is 0 Å². The highest BCUT2D eigenvalue weighted by atomic mass is 19.3. The number of esters is 1. The van der Waals surface area contributed by atoms with Crippen molar-refractivity contribution in [2.45, 2.75) is 58.4 Å². The van der Waals surface area contributed by atoms with Gasteiger partial charge in [-0.3, -0.25) is 5.32 Å².